The Morgan fingerprint density at radius 2 is 1.96 bits per heavy atom. The normalized spacial score (nSPS) is 11.0. The fourth-order valence-corrected chi connectivity index (χ4v) is 3.21. The Balaban J connectivity index is 1.88. The lowest BCUT2D eigenvalue weighted by Crippen LogP contribution is -2.19. The lowest BCUT2D eigenvalue weighted by Gasteiger charge is -2.08. The Morgan fingerprint density at radius 1 is 1.21 bits per heavy atom. The fraction of sp³-hybridized carbons (Fsp3) is 0.176. The van der Waals surface area contributed by atoms with Crippen molar-refractivity contribution in [3.63, 3.8) is 0 Å². The third-order valence-electron chi connectivity index (χ3n) is 3.16. The number of aryl methyl sites for hydroxylation is 2. The Hall–Kier alpha value is -1.73. The van der Waals surface area contributed by atoms with Crippen LogP contribution in [0.3, 0.4) is 0 Å². The van der Waals surface area contributed by atoms with Crippen molar-refractivity contribution in [2.24, 2.45) is 5.10 Å². The van der Waals surface area contributed by atoms with Crippen LogP contribution < -0.4 is 5.43 Å². The molecule has 0 saturated carbocycles. The highest BCUT2D eigenvalue weighted by Gasteiger charge is 2.07. The van der Waals surface area contributed by atoms with Crippen molar-refractivity contribution in [3.05, 3.63) is 63.1 Å². The highest BCUT2D eigenvalue weighted by Crippen LogP contribution is 2.28. The summed E-state index contributed by atoms with van der Waals surface area (Å²) in [5, 5.41) is 3.74. The molecule has 0 radical (unpaired) electrons. The average Bonchev–Trinajstić information content (AvgIpc) is 2.53. The number of amides is 1. The van der Waals surface area contributed by atoms with Crippen LogP contribution in [0.1, 0.15) is 16.7 Å². The van der Waals surface area contributed by atoms with Crippen LogP contribution in [0.5, 0.6) is 0 Å². The van der Waals surface area contributed by atoms with E-state index in [1.165, 1.54) is 24.0 Å². The van der Waals surface area contributed by atoms with Gasteiger partial charge in [0.2, 0.25) is 5.91 Å². The summed E-state index contributed by atoms with van der Waals surface area (Å²) < 4.78 is 26.9. The molecule has 1 N–H and O–H groups in total. The number of hydrogen-bond donors (Lipinski definition) is 1. The van der Waals surface area contributed by atoms with E-state index in [4.69, 9.17) is 0 Å². The molecule has 0 aliphatic carbocycles. The molecular weight excluding hydrogens is 398 g/mol. The summed E-state index contributed by atoms with van der Waals surface area (Å²) in [4.78, 5) is 12.8. The van der Waals surface area contributed by atoms with Crippen molar-refractivity contribution >= 4 is 39.8 Å². The Morgan fingerprint density at radius 3 is 2.67 bits per heavy atom. The summed E-state index contributed by atoms with van der Waals surface area (Å²) in [6, 6.07) is 7.41. The zero-order valence-corrected chi connectivity index (χ0v) is 15.5. The Labute approximate surface area is 151 Å². The van der Waals surface area contributed by atoms with E-state index in [-0.39, 0.29) is 11.7 Å². The predicted molar refractivity (Wildman–Crippen MR) is 96.4 cm³/mol. The topological polar surface area (TPSA) is 41.5 Å². The lowest BCUT2D eigenvalue weighted by atomic mass is 10.2. The lowest BCUT2D eigenvalue weighted by molar-refractivity contribution is -0.118. The number of halogens is 3. The van der Waals surface area contributed by atoms with Gasteiger partial charge in [-0.05, 0) is 54.8 Å². The fourth-order valence-electron chi connectivity index (χ4n) is 1.86. The van der Waals surface area contributed by atoms with Crippen molar-refractivity contribution < 1.29 is 13.6 Å². The molecule has 7 heteroatoms. The minimum atomic E-state index is -0.957. The first-order valence-electron chi connectivity index (χ1n) is 7.03. The molecule has 0 heterocycles. The molecule has 0 aromatic heterocycles. The van der Waals surface area contributed by atoms with Crippen LogP contribution in [0.4, 0.5) is 8.78 Å². The van der Waals surface area contributed by atoms with E-state index in [2.05, 4.69) is 26.5 Å². The molecule has 0 atom stereocenters. The summed E-state index contributed by atoms with van der Waals surface area (Å²) in [7, 11) is 0. The molecule has 24 heavy (non-hydrogen) atoms. The molecule has 3 nitrogen and oxygen atoms in total. The van der Waals surface area contributed by atoms with Gasteiger partial charge in [-0.1, -0.05) is 22.0 Å². The number of hydrogen-bond acceptors (Lipinski definition) is 3. The van der Waals surface area contributed by atoms with Crippen molar-refractivity contribution in [2.45, 2.75) is 18.7 Å². The molecule has 2 rings (SSSR count). The van der Waals surface area contributed by atoms with Gasteiger partial charge in [0.15, 0.2) is 11.6 Å². The number of thioether (sulfide) groups is 1. The zero-order valence-electron chi connectivity index (χ0n) is 13.1. The van der Waals surface area contributed by atoms with Gasteiger partial charge in [0.25, 0.3) is 0 Å². The number of rotatable bonds is 5. The van der Waals surface area contributed by atoms with E-state index in [1.54, 1.807) is 0 Å². The SMILES string of the molecule is Cc1cc(SCC(=O)N/N=C\c2ccc(F)c(F)c2)c(C)cc1Br. The van der Waals surface area contributed by atoms with Gasteiger partial charge in [0, 0.05) is 9.37 Å². The van der Waals surface area contributed by atoms with E-state index in [1.807, 2.05) is 26.0 Å². The summed E-state index contributed by atoms with van der Waals surface area (Å²) >= 11 is 4.88. The number of carbonyl (C=O) groups excluding carboxylic acids is 1. The van der Waals surface area contributed by atoms with Crippen LogP contribution in [-0.4, -0.2) is 17.9 Å². The van der Waals surface area contributed by atoms with Crippen LogP contribution in [0.2, 0.25) is 0 Å². The second kappa shape index (κ2) is 8.39. The molecule has 0 bridgehead atoms. The van der Waals surface area contributed by atoms with Gasteiger partial charge in [-0.2, -0.15) is 5.10 Å². The maximum Gasteiger partial charge on any atom is 0.250 e. The van der Waals surface area contributed by atoms with Gasteiger partial charge >= 0.3 is 0 Å². The van der Waals surface area contributed by atoms with Gasteiger partial charge in [-0.3, -0.25) is 4.79 Å². The standard InChI is InChI=1S/C17H15BrF2N2OS/c1-10-6-16(11(2)5-13(10)18)24-9-17(23)22-21-8-12-3-4-14(19)15(20)7-12/h3-8H,9H2,1-2H3,(H,22,23)/b21-8-. The molecular formula is C17H15BrF2N2OS. The first kappa shape index (κ1) is 18.6. The third-order valence-corrected chi connectivity index (χ3v) is 5.17. The van der Waals surface area contributed by atoms with Crippen molar-refractivity contribution in [1.29, 1.82) is 0 Å². The van der Waals surface area contributed by atoms with Crippen molar-refractivity contribution in [1.82, 2.24) is 5.43 Å². The molecule has 1 amide bonds. The highest BCUT2D eigenvalue weighted by atomic mass is 79.9. The van der Waals surface area contributed by atoms with E-state index >= 15 is 0 Å². The van der Waals surface area contributed by atoms with Crippen molar-refractivity contribution in [2.75, 3.05) is 5.75 Å². The largest absolute Gasteiger partial charge is 0.272 e. The first-order chi connectivity index (χ1) is 11.4. The molecule has 0 saturated heterocycles. The number of nitrogens with one attached hydrogen (secondary N) is 1. The molecule has 2 aromatic rings. The summed E-state index contributed by atoms with van der Waals surface area (Å²) in [6.07, 6.45) is 1.26. The van der Waals surface area contributed by atoms with Crippen LogP contribution in [0.15, 0.2) is 44.8 Å². The molecule has 0 spiro atoms. The van der Waals surface area contributed by atoms with Gasteiger partial charge in [0.05, 0.1) is 12.0 Å². The molecule has 126 valence electrons. The minimum Gasteiger partial charge on any atom is -0.272 e. The van der Waals surface area contributed by atoms with Gasteiger partial charge < -0.3 is 0 Å². The quantitative estimate of drug-likeness (QED) is 0.443. The van der Waals surface area contributed by atoms with Crippen molar-refractivity contribution in [3.8, 4) is 0 Å². The van der Waals surface area contributed by atoms with E-state index < -0.39 is 11.6 Å². The third kappa shape index (κ3) is 5.14. The van der Waals surface area contributed by atoms with E-state index in [9.17, 15) is 13.6 Å². The van der Waals surface area contributed by atoms with Crippen LogP contribution in [-0.2, 0) is 4.79 Å². The maximum atomic E-state index is 13.0. The molecule has 0 fully saturated rings. The predicted octanol–water partition coefficient (Wildman–Crippen LogP) is 4.59. The highest BCUT2D eigenvalue weighted by molar-refractivity contribution is 9.10. The summed E-state index contributed by atoms with van der Waals surface area (Å²) in [5.41, 5.74) is 4.90. The molecule has 0 unspecified atom stereocenters. The molecule has 0 aliphatic rings. The van der Waals surface area contributed by atoms with Gasteiger partial charge in [-0.15, -0.1) is 11.8 Å². The van der Waals surface area contributed by atoms with Crippen LogP contribution >= 0.6 is 27.7 Å². The monoisotopic (exact) mass is 412 g/mol. The summed E-state index contributed by atoms with van der Waals surface area (Å²) in [6.45, 7) is 3.96. The summed E-state index contributed by atoms with van der Waals surface area (Å²) in [5.74, 6) is -1.95. The Kier molecular flexibility index (Phi) is 6.51. The van der Waals surface area contributed by atoms with E-state index in [0.29, 0.717) is 5.56 Å². The Bertz CT molecular complexity index is 796. The minimum absolute atomic E-state index is 0.205. The number of nitrogens with zero attached hydrogens (tertiary/aromatic N) is 1. The van der Waals surface area contributed by atoms with Crippen LogP contribution in [0, 0.1) is 25.5 Å². The second-order valence-electron chi connectivity index (χ2n) is 5.12. The van der Waals surface area contributed by atoms with Crippen LogP contribution in [0.25, 0.3) is 0 Å². The molecule has 0 aliphatic heterocycles. The number of benzene rings is 2. The maximum absolute atomic E-state index is 13.0. The van der Waals surface area contributed by atoms with Gasteiger partial charge in [-0.25, -0.2) is 14.2 Å². The van der Waals surface area contributed by atoms with E-state index in [0.717, 1.165) is 32.6 Å². The number of carbonyl (C=O) groups is 1. The molecule has 2 aromatic carbocycles. The smallest absolute Gasteiger partial charge is 0.250 e. The average molecular weight is 413 g/mol. The first-order valence-corrected chi connectivity index (χ1v) is 8.81. The zero-order chi connectivity index (χ0) is 17.7. The number of hydrazone groups is 1. The van der Waals surface area contributed by atoms with Gasteiger partial charge in [0.1, 0.15) is 0 Å². The second-order valence-corrected chi connectivity index (χ2v) is 6.99.